The van der Waals surface area contributed by atoms with Crippen molar-refractivity contribution in [3.8, 4) is 0 Å². The Morgan fingerprint density at radius 3 is 2.57 bits per heavy atom. The molecular weight excluding hydrogens is 292 g/mol. The van der Waals surface area contributed by atoms with E-state index in [1.54, 1.807) is 32.3 Å². The van der Waals surface area contributed by atoms with Gasteiger partial charge in [-0.05, 0) is 18.2 Å². The number of likely N-dealkylation sites (N-methyl/N-ethyl adjacent to an activating group) is 2. The minimum atomic E-state index is -3.75. The van der Waals surface area contributed by atoms with E-state index in [0.717, 1.165) is 4.31 Å². The largest absolute Gasteiger partial charge is 0.399 e. The van der Waals surface area contributed by atoms with Gasteiger partial charge in [0.2, 0.25) is 15.9 Å². The predicted molar refractivity (Wildman–Crippen MR) is 81.2 cm³/mol. The van der Waals surface area contributed by atoms with E-state index in [-0.39, 0.29) is 17.3 Å². The summed E-state index contributed by atoms with van der Waals surface area (Å²) in [6.07, 6.45) is 1.41. The van der Waals surface area contributed by atoms with Crippen molar-refractivity contribution < 1.29 is 13.2 Å². The fraction of sp³-hybridized carbons (Fsp3) is 0.308. The summed E-state index contributed by atoms with van der Waals surface area (Å²) in [5.74, 6) is -0.287. The van der Waals surface area contributed by atoms with Crippen LogP contribution in [0.3, 0.4) is 0 Å². The molecule has 114 valence electrons. The van der Waals surface area contributed by atoms with Crippen LogP contribution in [0.4, 0.5) is 5.69 Å². The normalized spacial score (nSPS) is 12.0. The Bertz CT molecular complexity index is 780. The number of rotatable bonds is 4. The van der Waals surface area contributed by atoms with Gasteiger partial charge < -0.3 is 15.6 Å². The highest BCUT2D eigenvalue weighted by molar-refractivity contribution is 7.89. The van der Waals surface area contributed by atoms with E-state index in [1.165, 1.54) is 18.1 Å². The Morgan fingerprint density at radius 1 is 1.29 bits per heavy atom. The topological polar surface area (TPSA) is 99.5 Å². The van der Waals surface area contributed by atoms with E-state index in [2.05, 4.69) is 4.98 Å². The maximum Gasteiger partial charge on any atom is 0.245 e. The van der Waals surface area contributed by atoms with Gasteiger partial charge in [-0.2, -0.15) is 4.31 Å². The van der Waals surface area contributed by atoms with Crippen LogP contribution < -0.4 is 5.73 Å². The molecule has 0 atom stereocenters. The Morgan fingerprint density at radius 2 is 1.95 bits per heavy atom. The molecule has 2 aromatic rings. The van der Waals surface area contributed by atoms with Crippen molar-refractivity contribution >= 4 is 32.5 Å². The lowest BCUT2D eigenvalue weighted by Crippen LogP contribution is -2.37. The summed E-state index contributed by atoms with van der Waals surface area (Å²) >= 11 is 0. The lowest BCUT2D eigenvalue weighted by Gasteiger charge is -2.18. The van der Waals surface area contributed by atoms with Gasteiger partial charge in [-0.25, -0.2) is 8.42 Å². The molecular formula is C13H18N4O3S. The number of aromatic amines is 1. The second kappa shape index (κ2) is 5.38. The molecule has 0 unspecified atom stereocenters. The molecule has 0 bridgehead atoms. The number of anilines is 1. The highest BCUT2D eigenvalue weighted by Gasteiger charge is 2.26. The maximum absolute atomic E-state index is 12.6. The predicted octanol–water partition coefficient (Wildman–Crippen LogP) is 0.459. The van der Waals surface area contributed by atoms with Crippen molar-refractivity contribution in [3.05, 3.63) is 24.4 Å². The van der Waals surface area contributed by atoms with Gasteiger partial charge >= 0.3 is 0 Å². The molecule has 0 saturated carbocycles. The van der Waals surface area contributed by atoms with E-state index < -0.39 is 10.0 Å². The Balaban J connectivity index is 2.40. The van der Waals surface area contributed by atoms with E-state index in [4.69, 9.17) is 5.73 Å². The monoisotopic (exact) mass is 310 g/mol. The molecule has 0 saturated heterocycles. The fourth-order valence-corrected chi connectivity index (χ4v) is 3.20. The lowest BCUT2D eigenvalue weighted by atomic mass is 10.2. The molecule has 1 amide bonds. The lowest BCUT2D eigenvalue weighted by molar-refractivity contribution is -0.128. The molecule has 7 nitrogen and oxygen atoms in total. The van der Waals surface area contributed by atoms with Crippen LogP contribution in [0.1, 0.15) is 0 Å². The summed E-state index contributed by atoms with van der Waals surface area (Å²) in [7, 11) is 0.793. The van der Waals surface area contributed by atoms with Crippen molar-refractivity contribution in [2.24, 2.45) is 0 Å². The van der Waals surface area contributed by atoms with Crippen molar-refractivity contribution in [2.75, 3.05) is 33.4 Å². The molecule has 0 fully saturated rings. The van der Waals surface area contributed by atoms with Gasteiger partial charge in [0.05, 0.1) is 6.54 Å². The zero-order valence-corrected chi connectivity index (χ0v) is 12.9. The fourth-order valence-electron chi connectivity index (χ4n) is 1.92. The van der Waals surface area contributed by atoms with Crippen LogP contribution in [0.25, 0.3) is 10.9 Å². The average Bonchev–Trinajstić information content (AvgIpc) is 2.81. The number of carbonyl (C=O) groups is 1. The summed E-state index contributed by atoms with van der Waals surface area (Å²) in [5.41, 5.74) is 6.86. The molecule has 0 radical (unpaired) electrons. The van der Waals surface area contributed by atoms with Gasteiger partial charge in [-0.15, -0.1) is 0 Å². The third-order valence-electron chi connectivity index (χ3n) is 3.21. The minimum absolute atomic E-state index is 0.131. The molecule has 0 aliphatic rings. The van der Waals surface area contributed by atoms with Gasteiger partial charge in [0.1, 0.15) is 4.90 Å². The Labute approximate surface area is 123 Å². The number of nitrogens with zero attached hydrogens (tertiary/aromatic N) is 2. The average molecular weight is 310 g/mol. The van der Waals surface area contributed by atoms with Crippen molar-refractivity contribution in [1.29, 1.82) is 0 Å². The number of fused-ring (bicyclic) bond motifs is 1. The quantitative estimate of drug-likeness (QED) is 0.801. The second-order valence-corrected chi connectivity index (χ2v) is 7.02. The van der Waals surface area contributed by atoms with Gasteiger partial charge in [-0.3, -0.25) is 4.79 Å². The molecule has 0 aliphatic carbocycles. The molecule has 1 heterocycles. The highest BCUT2D eigenvalue weighted by Crippen LogP contribution is 2.26. The number of hydrogen-bond donors (Lipinski definition) is 2. The molecule has 21 heavy (non-hydrogen) atoms. The second-order valence-electron chi connectivity index (χ2n) is 5.01. The molecule has 0 aliphatic heterocycles. The summed E-state index contributed by atoms with van der Waals surface area (Å²) in [5, 5.41) is 0.549. The smallest absolute Gasteiger partial charge is 0.245 e. The molecule has 2 rings (SSSR count). The number of sulfonamides is 1. The van der Waals surface area contributed by atoms with E-state index in [0.29, 0.717) is 16.6 Å². The standard InChI is InChI=1S/C13H18N4O3S/c1-16(2)13(18)8-17(3)21(19,20)12-7-15-11-6-9(14)4-5-10(11)12/h4-7,15H,8,14H2,1-3H3. The van der Waals surface area contributed by atoms with E-state index in [9.17, 15) is 13.2 Å². The molecule has 8 heteroatoms. The van der Waals surface area contributed by atoms with Gasteiger partial charge in [-0.1, -0.05) is 0 Å². The Hall–Kier alpha value is -2.06. The van der Waals surface area contributed by atoms with Crippen LogP contribution in [0, 0.1) is 0 Å². The number of nitrogens with one attached hydrogen (secondary N) is 1. The SMILES string of the molecule is CN(C)C(=O)CN(C)S(=O)(=O)c1c[nH]c2cc(N)ccc12. The number of amides is 1. The molecule has 1 aromatic heterocycles. The van der Waals surface area contributed by atoms with Gasteiger partial charge in [0.25, 0.3) is 0 Å². The van der Waals surface area contributed by atoms with Crippen molar-refractivity contribution in [1.82, 2.24) is 14.2 Å². The van der Waals surface area contributed by atoms with Gasteiger partial charge in [0.15, 0.2) is 0 Å². The summed E-state index contributed by atoms with van der Waals surface area (Å²) < 4.78 is 26.1. The van der Waals surface area contributed by atoms with E-state index in [1.807, 2.05) is 0 Å². The third-order valence-corrected chi connectivity index (χ3v) is 5.06. The number of H-pyrrole nitrogens is 1. The molecule has 1 aromatic carbocycles. The first-order valence-electron chi connectivity index (χ1n) is 6.26. The third kappa shape index (κ3) is 2.86. The number of hydrogen-bond acceptors (Lipinski definition) is 4. The number of benzene rings is 1. The molecule has 3 N–H and O–H groups in total. The van der Waals surface area contributed by atoms with Crippen LogP contribution >= 0.6 is 0 Å². The summed E-state index contributed by atoms with van der Waals surface area (Å²) in [6.45, 7) is -0.211. The van der Waals surface area contributed by atoms with Crippen LogP contribution in [-0.2, 0) is 14.8 Å². The number of aromatic nitrogens is 1. The first-order valence-corrected chi connectivity index (χ1v) is 7.70. The Kier molecular flexibility index (Phi) is 3.93. The van der Waals surface area contributed by atoms with Crippen LogP contribution in [0.5, 0.6) is 0 Å². The minimum Gasteiger partial charge on any atom is -0.399 e. The van der Waals surface area contributed by atoms with Crippen molar-refractivity contribution in [2.45, 2.75) is 4.90 Å². The first kappa shape index (κ1) is 15.3. The van der Waals surface area contributed by atoms with Crippen LogP contribution in [-0.4, -0.2) is 56.2 Å². The maximum atomic E-state index is 12.6. The van der Waals surface area contributed by atoms with E-state index >= 15 is 0 Å². The zero-order valence-electron chi connectivity index (χ0n) is 12.1. The number of nitrogen functional groups attached to an aromatic ring is 1. The number of nitrogens with two attached hydrogens (primary N) is 1. The van der Waals surface area contributed by atoms with Crippen molar-refractivity contribution in [3.63, 3.8) is 0 Å². The first-order chi connectivity index (χ1) is 9.73. The number of carbonyl (C=O) groups excluding carboxylic acids is 1. The summed E-state index contributed by atoms with van der Waals surface area (Å²) in [6, 6.07) is 4.95. The molecule has 0 spiro atoms. The van der Waals surface area contributed by atoms with Crippen LogP contribution in [0.15, 0.2) is 29.3 Å². The van der Waals surface area contributed by atoms with Crippen LogP contribution in [0.2, 0.25) is 0 Å². The zero-order chi connectivity index (χ0) is 15.8. The highest BCUT2D eigenvalue weighted by atomic mass is 32.2. The summed E-state index contributed by atoms with van der Waals surface area (Å²) in [4.78, 5) is 16.0. The van der Waals surface area contributed by atoms with Gasteiger partial charge in [0, 0.05) is 43.9 Å².